The highest BCUT2D eigenvalue weighted by molar-refractivity contribution is 7.91. The van der Waals surface area contributed by atoms with E-state index in [4.69, 9.17) is 0 Å². The quantitative estimate of drug-likeness (QED) is 0.368. The fourth-order valence-electron chi connectivity index (χ4n) is 4.30. The fourth-order valence-corrected chi connectivity index (χ4v) is 5.62. The standard InChI is InChI=1S/C27H23N3O4S/c31-26-24(25(27(32)29-26)28-19-10-3-1-4-11-19)22-18-30(23-15-8-7-14-21(22)23)16-9-17-35(33,34)20-12-5-2-6-13-20/h1-8,10-15,18H,9,16-17H2,(H2,28,29,31,32). The van der Waals surface area contributed by atoms with Crippen LogP contribution >= 0.6 is 0 Å². The summed E-state index contributed by atoms with van der Waals surface area (Å²) in [5, 5.41) is 6.28. The lowest BCUT2D eigenvalue weighted by molar-refractivity contribution is -0.123. The van der Waals surface area contributed by atoms with Crippen LogP contribution in [-0.2, 0) is 26.0 Å². The van der Waals surface area contributed by atoms with Crippen LogP contribution in [0.15, 0.2) is 102 Å². The maximum absolute atomic E-state index is 12.8. The SMILES string of the molecule is O=C1NC(=O)C(c2cn(CCCS(=O)(=O)c3ccccc3)c3ccccc23)=C1Nc1ccccc1. The Morgan fingerprint density at radius 1 is 0.800 bits per heavy atom. The molecule has 0 unspecified atom stereocenters. The molecule has 7 nitrogen and oxygen atoms in total. The van der Waals surface area contributed by atoms with Gasteiger partial charge in [0.2, 0.25) is 0 Å². The van der Waals surface area contributed by atoms with Gasteiger partial charge in [-0.25, -0.2) is 8.42 Å². The van der Waals surface area contributed by atoms with E-state index in [1.807, 2.05) is 65.4 Å². The number of sulfone groups is 1. The van der Waals surface area contributed by atoms with Crippen molar-refractivity contribution >= 4 is 43.8 Å². The number of nitrogens with zero attached hydrogens (tertiary/aromatic N) is 1. The van der Waals surface area contributed by atoms with Crippen LogP contribution in [0.3, 0.4) is 0 Å². The minimum Gasteiger partial charge on any atom is -0.350 e. The number of carbonyl (C=O) groups is 2. The number of para-hydroxylation sites is 2. The van der Waals surface area contributed by atoms with Crippen molar-refractivity contribution in [1.82, 2.24) is 9.88 Å². The Morgan fingerprint density at radius 3 is 2.20 bits per heavy atom. The zero-order chi connectivity index (χ0) is 24.4. The molecule has 2 amide bonds. The Labute approximate surface area is 203 Å². The number of carbonyl (C=O) groups excluding carboxylic acids is 2. The summed E-state index contributed by atoms with van der Waals surface area (Å²) in [5.74, 6) is -0.955. The van der Waals surface area contributed by atoms with Gasteiger partial charge in [0, 0.05) is 34.9 Å². The lowest BCUT2D eigenvalue weighted by Gasteiger charge is -2.07. The molecule has 1 aromatic heterocycles. The number of aryl methyl sites for hydroxylation is 1. The number of fused-ring (bicyclic) bond motifs is 1. The van der Waals surface area contributed by atoms with E-state index in [1.165, 1.54) is 0 Å². The summed E-state index contributed by atoms with van der Waals surface area (Å²) in [7, 11) is -3.39. The molecule has 8 heteroatoms. The molecule has 1 aliphatic heterocycles. The van der Waals surface area contributed by atoms with Crippen molar-refractivity contribution in [2.75, 3.05) is 11.1 Å². The van der Waals surface area contributed by atoms with Crippen LogP contribution in [0.5, 0.6) is 0 Å². The Morgan fingerprint density at radius 2 is 1.46 bits per heavy atom. The summed E-state index contributed by atoms with van der Waals surface area (Å²) in [6.07, 6.45) is 2.22. The molecule has 0 atom stereocenters. The van der Waals surface area contributed by atoms with Crippen molar-refractivity contribution < 1.29 is 18.0 Å². The van der Waals surface area contributed by atoms with E-state index in [0.717, 1.165) is 10.9 Å². The first-order valence-electron chi connectivity index (χ1n) is 11.2. The number of hydrogen-bond donors (Lipinski definition) is 2. The second kappa shape index (κ2) is 9.23. The second-order valence-corrected chi connectivity index (χ2v) is 10.4. The molecular weight excluding hydrogens is 462 g/mol. The predicted octanol–water partition coefficient (Wildman–Crippen LogP) is 3.98. The second-order valence-electron chi connectivity index (χ2n) is 8.26. The molecule has 176 valence electrons. The minimum atomic E-state index is -3.39. The van der Waals surface area contributed by atoms with E-state index in [-0.39, 0.29) is 17.0 Å². The van der Waals surface area contributed by atoms with Crippen LogP contribution in [-0.4, -0.2) is 30.6 Å². The number of benzene rings is 3. The summed E-state index contributed by atoms with van der Waals surface area (Å²) in [5.41, 5.74) is 2.63. The number of hydrogen-bond acceptors (Lipinski definition) is 5. The fraction of sp³-hybridized carbons (Fsp3) is 0.111. The van der Waals surface area contributed by atoms with Crippen molar-refractivity contribution in [1.29, 1.82) is 0 Å². The lowest BCUT2D eigenvalue weighted by Crippen LogP contribution is -2.24. The summed E-state index contributed by atoms with van der Waals surface area (Å²) in [6.45, 7) is 0.441. The molecule has 35 heavy (non-hydrogen) atoms. The van der Waals surface area contributed by atoms with Gasteiger partial charge < -0.3 is 9.88 Å². The van der Waals surface area contributed by atoms with Gasteiger partial charge >= 0.3 is 0 Å². The number of imide groups is 1. The number of rotatable bonds is 8. The molecule has 0 fully saturated rings. The molecule has 0 spiro atoms. The minimum absolute atomic E-state index is 0.00132. The van der Waals surface area contributed by atoms with Crippen LogP contribution in [0.25, 0.3) is 16.5 Å². The zero-order valence-electron chi connectivity index (χ0n) is 18.8. The summed E-state index contributed by atoms with van der Waals surface area (Å²) in [6, 6.07) is 25.2. The van der Waals surface area contributed by atoms with Gasteiger partial charge in [0.15, 0.2) is 9.84 Å². The maximum Gasteiger partial charge on any atom is 0.275 e. The maximum atomic E-state index is 12.8. The molecule has 2 N–H and O–H groups in total. The average Bonchev–Trinajstić information content (AvgIpc) is 3.36. The third-order valence-electron chi connectivity index (χ3n) is 5.95. The average molecular weight is 486 g/mol. The van der Waals surface area contributed by atoms with Crippen molar-refractivity contribution in [3.8, 4) is 0 Å². The number of nitrogens with one attached hydrogen (secondary N) is 2. The van der Waals surface area contributed by atoms with Crippen molar-refractivity contribution in [2.24, 2.45) is 0 Å². The molecule has 5 rings (SSSR count). The molecule has 1 aliphatic rings. The van der Waals surface area contributed by atoms with Gasteiger partial charge in [-0.15, -0.1) is 0 Å². The molecule has 0 bridgehead atoms. The molecule has 0 radical (unpaired) electrons. The smallest absolute Gasteiger partial charge is 0.275 e. The van der Waals surface area contributed by atoms with Gasteiger partial charge in [0.25, 0.3) is 11.8 Å². The molecule has 3 aromatic carbocycles. The predicted molar refractivity (Wildman–Crippen MR) is 135 cm³/mol. The number of anilines is 1. The Hall–Kier alpha value is -4.17. The van der Waals surface area contributed by atoms with E-state index in [9.17, 15) is 18.0 Å². The molecule has 4 aromatic rings. The van der Waals surface area contributed by atoms with Gasteiger partial charge in [-0.1, -0.05) is 54.6 Å². The summed E-state index contributed by atoms with van der Waals surface area (Å²) >= 11 is 0. The zero-order valence-corrected chi connectivity index (χ0v) is 19.6. The first-order valence-corrected chi connectivity index (χ1v) is 12.9. The van der Waals surface area contributed by atoms with E-state index in [1.54, 1.807) is 30.3 Å². The van der Waals surface area contributed by atoms with Crippen LogP contribution in [0.2, 0.25) is 0 Å². The molecule has 2 heterocycles. The lowest BCUT2D eigenvalue weighted by atomic mass is 10.0. The van der Waals surface area contributed by atoms with E-state index < -0.39 is 21.7 Å². The van der Waals surface area contributed by atoms with Gasteiger partial charge in [-0.05, 0) is 36.8 Å². The van der Waals surface area contributed by atoms with Crippen molar-refractivity contribution in [2.45, 2.75) is 17.9 Å². The Kier molecular flexibility index (Phi) is 5.96. The highest BCUT2D eigenvalue weighted by Crippen LogP contribution is 2.32. The third kappa shape index (κ3) is 4.48. The van der Waals surface area contributed by atoms with E-state index in [0.29, 0.717) is 29.1 Å². The summed E-state index contributed by atoms with van der Waals surface area (Å²) in [4.78, 5) is 25.7. The van der Waals surface area contributed by atoms with Crippen LogP contribution < -0.4 is 10.6 Å². The topological polar surface area (TPSA) is 97.3 Å². The molecule has 0 saturated heterocycles. The highest BCUT2D eigenvalue weighted by atomic mass is 32.2. The molecule has 0 saturated carbocycles. The first-order chi connectivity index (χ1) is 16.9. The normalized spacial score (nSPS) is 13.9. The van der Waals surface area contributed by atoms with Crippen molar-refractivity contribution in [3.05, 3.63) is 102 Å². The Balaban J connectivity index is 1.48. The molecular formula is C27H23N3O4S. The monoisotopic (exact) mass is 485 g/mol. The van der Waals surface area contributed by atoms with E-state index >= 15 is 0 Å². The van der Waals surface area contributed by atoms with Gasteiger partial charge in [0.1, 0.15) is 5.70 Å². The number of amides is 2. The van der Waals surface area contributed by atoms with Crippen LogP contribution in [0, 0.1) is 0 Å². The summed E-state index contributed by atoms with van der Waals surface area (Å²) < 4.78 is 27.3. The van der Waals surface area contributed by atoms with Crippen molar-refractivity contribution in [3.63, 3.8) is 0 Å². The van der Waals surface area contributed by atoms with Gasteiger partial charge in [-0.3, -0.25) is 14.9 Å². The largest absolute Gasteiger partial charge is 0.350 e. The molecule has 0 aliphatic carbocycles. The van der Waals surface area contributed by atoms with E-state index in [2.05, 4.69) is 10.6 Å². The number of aromatic nitrogens is 1. The van der Waals surface area contributed by atoms with Gasteiger partial charge in [0.05, 0.1) is 16.2 Å². The first kappa shape index (κ1) is 22.6. The Bertz CT molecular complexity index is 1560. The van der Waals surface area contributed by atoms with Crippen LogP contribution in [0.1, 0.15) is 12.0 Å². The van der Waals surface area contributed by atoms with Gasteiger partial charge in [-0.2, -0.15) is 0 Å². The highest BCUT2D eigenvalue weighted by Gasteiger charge is 2.33. The third-order valence-corrected chi connectivity index (χ3v) is 7.76. The van der Waals surface area contributed by atoms with Crippen LogP contribution in [0.4, 0.5) is 5.69 Å².